The Morgan fingerprint density at radius 1 is 1.20 bits per heavy atom. The van der Waals surface area contributed by atoms with E-state index < -0.39 is 0 Å². The van der Waals surface area contributed by atoms with Crippen molar-refractivity contribution in [3.05, 3.63) is 0 Å². The topological polar surface area (TPSA) is 48.9 Å². The summed E-state index contributed by atoms with van der Waals surface area (Å²) in [7, 11) is 3.50. The third-order valence-electron chi connectivity index (χ3n) is 3.49. The number of hydrogen-bond acceptors (Lipinski definition) is 3. The number of nitrogens with zero attached hydrogens (tertiary/aromatic N) is 2. The second-order valence-electron chi connectivity index (χ2n) is 5.62. The van der Waals surface area contributed by atoms with Crippen molar-refractivity contribution in [2.24, 2.45) is 16.8 Å². The molecule has 2 atom stereocenters. The van der Waals surface area contributed by atoms with Crippen LogP contribution in [-0.2, 0) is 4.74 Å². The van der Waals surface area contributed by atoms with Gasteiger partial charge in [0.25, 0.3) is 0 Å². The number of likely N-dealkylation sites (tertiary alicyclic amines) is 1. The number of ether oxygens (including phenoxy) is 1. The maximum Gasteiger partial charge on any atom is 0.191 e. The predicted octanol–water partition coefficient (Wildman–Crippen LogP) is 1.39. The zero-order chi connectivity index (χ0) is 14.1. The minimum Gasteiger partial charge on any atom is -0.383 e. The third kappa shape index (κ3) is 8.26. The smallest absolute Gasteiger partial charge is 0.191 e. The van der Waals surface area contributed by atoms with E-state index in [2.05, 4.69) is 34.4 Å². The lowest BCUT2D eigenvalue weighted by molar-refractivity contribution is 0.143. The number of rotatable bonds is 6. The molecule has 20 heavy (non-hydrogen) atoms. The molecule has 0 aromatic carbocycles. The van der Waals surface area contributed by atoms with E-state index in [0.29, 0.717) is 6.61 Å². The standard InChI is InChI=1S/C14H30N4O.HI/c1-12-9-13(2)11-18(10-12)7-5-16-14(15-3)17-6-8-19-4;/h12-13H,5-11H2,1-4H3,(H2,15,16,17);1H. The molecule has 1 fully saturated rings. The molecule has 0 radical (unpaired) electrons. The molecule has 1 aliphatic rings. The van der Waals surface area contributed by atoms with Crippen molar-refractivity contribution >= 4 is 29.9 Å². The lowest BCUT2D eigenvalue weighted by Gasteiger charge is -2.35. The monoisotopic (exact) mass is 398 g/mol. The Hall–Kier alpha value is -0.0800. The van der Waals surface area contributed by atoms with E-state index in [1.807, 2.05) is 0 Å². The molecule has 2 unspecified atom stereocenters. The quantitative estimate of drug-likeness (QED) is 0.307. The van der Waals surface area contributed by atoms with E-state index in [1.165, 1.54) is 19.5 Å². The molecular weight excluding hydrogens is 367 g/mol. The van der Waals surface area contributed by atoms with Gasteiger partial charge in [-0.2, -0.15) is 0 Å². The summed E-state index contributed by atoms with van der Waals surface area (Å²) < 4.78 is 5.01. The first-order chi connectivity index (χ1) is 9.15. The number of halogens is 1. The molecule has 1 heterocycles. The molecule has 2 N–H and O–H groups in total. The van der Waals surface area contributed by atoms with Crippen LogP contribution < -0.4 is 10.6 Å². The van der Waals surface area contributed by atoms with Crippen LogP contribution >= 0.6 is 24.0 Å². The van der Waals surface area contributed by atoms with Crippen molar-refractivity contribution in [1.29, 1.82) is 0 Å². The second-order valence-corrected chi connectivity index (χ2v) is 5.62. The van der Waals surface area contributed by atoms with Crippen LogP contribution in [-0.4, -0.2) is 64.3 Å². The molecule has 0 aromatic heterocycles. The Kier molecular flexibility index (Phi) is 11.5. The number of guanidine groups is 1. The zero-order valence-corrected chi connectivity index (χ0v) is 15.6. The molecule has 1 saturated heterocycles. The molecule has 0 aromatic rings. The highest BCUT2D eigenvalue weighted by Gasteiger charge is 2.21. The Balaban J connectivity index is 0.00000361. The summed E-state index contributed by atoms with van der Waals surface area (Å²) in [6.07, 6.45) is 1.37. The van der Waals surface area contributed by atoms with Crippen LogP contribution in [0.5, 0.6) is 0 Å². The molecule has 0 bridgehead atoms. The van der Waals surface area contributed by atoms with E-state index in [4.69, 9.17) is 4.74 Å². The summed E-state index contributed by atoms with van der Waals surface area (Å²) in [5.41, 5.74) is 0. The van der Waals surface area contributed by atoms with Crippen molar-refractivity contribution in [2.75, 3.05) is 53.5 Å². The molecule has 1 rings (SSSR count). The molecule has 0 spiro atoms. The summed E-state index contributed by atoms with van der Waals surface area (Å²) in [4.78, 5) is 6.74. The van der Waals surface area contributed by atoms with E-state index >= 15 is 0 Å². The number of aliphatic imine (C=N–C) groups is 1. The molecular formula is C14H31IN4O. The van der Waals surface area contributed by atoms with Gasteiger partial charge >= 0.3 is 0 Å². The highest BCUT2D eigenvalue weighted by Crippen LogP contribution is 2.20. The molecule has 1 aliphatic heterocycles. The van der Waals surface area contributed by atoms with Gasteiger partial charge in [-0.05, 0) is 18.3 Å². The number of hydrogen-bond donors (Lipinski definition) is 2. The highest BCUT2D eigenvalue weighted by atomic mass is 127. The summed E-state index contributed by atoms with van der Waals surface area (Å²) in [5.74, 6) is 2.50. The van der Waals surface area contributed by atoms with Crippen molar-refractivity contribution < 1.29 is 4.74 Å². The molecule has 120 valence electrons. The molecule has 0 amide bonds. The number of piperidine rings is 1. The summed E-state index contributed by atoms with van der Waals surface area (Å²) in [6.45, 7) is 10.6. The van der Waals surface area contributed by atoms with Crippen LogP contribution in [0.1, 0.15) is 20.3 Å². The Morgan fingerprint density at radius 3 is 2.35 bits per heavy atom. The minimum absolute atomic E-state index is 0. The Bertz CT molecular complexity index is 266. The van der Waals surface area contributed by atoms with Gasteiger partial charge in [-0.25, -0.2) is 0 Å². The number of methoxy groups -OCH3 is 1. The van der Waals surface area contributed by atoms with E-state index in [9.17, 15) is 0 Å². The molecule has 5 nitrogen and oxygen atoms in total. The van der Waals surface area contributed by atoms with Crippen LogP contribution in [0, 0.1) is 11.8 Å². The largest absolute Gasteiger partial charge is 0.383 e. The van der Waals surface area contributed by atoms with Gasteiger partial charge < -0.3 is 20.3 Å². The van der Waals surface area contributed by atoms with Crippen molar-refractivity contribution in [1.82, 2.24) is 15.5 Å². The van der Waals surface area contributed by atoms with E-state index in [1.54, 1.807) is 14.2 Å². The van der Waals surface area contributed by atoms with Crippen LogP contribution in [0.4, 0.5) is 0 Å². The number of nitrogens with one attached hydrogen (secondary N) is 2. The SMILES string of the molecule is CN=C(NCCOC)NCCN1CC(C)CC(C)C1.I. The molecule has 0 aliphatic carbocycles. The fourth-order valence-electron chi connectivity index (χ4n) is 2.80. The summed E-state index contributed by atoms with van der Waals surface area (Å²) in [6, 6.07) is 0. The van der Waals surface area contributed by atoms with Gasteiger partial charge in [0.05, 0.1) is 6.61 Å². The Morgan fingerprint density at radius 2 is 1.80 bits per heavy atom. The lowest BCUT2D eigenvalue weighted by atomic mass is 9.92. The first-order valence-electron chi connectivity index (χ1n) is 7.31. The highest BCUT2D eigenvalue weighted by molar-refractivity contribution is 14.0. The van der Waals surface area contributed by atoms with Gasteiger partial charge in [-0.1, -0.05) is 13.8 Å². The van der Waals surface area contributed by atoms with Gasteiger partial charge in [0.1, 0.15) is 0 Å². The molecule has 6 heteroatoms. The maximum absolute atomic E-state index is 5.01. The second kappa shape index (κ2) is 11.6. The van der Waals surface area contributed by atoms with Crippen molar-refractivity contribution in [2.45, 2.75) is 20.3 Å². The first kappa shape index (κ1) is 19.9. The van der Waals surface area contributed by atoms with Crippen LogP contribution in [0.2, 0.25) is 0 Å². The third-order valence-corrected chi connectivity index (χ3v) is 3.49. The van der Waals surface area contributed by atoms with Gasteiger partial charge in [0.15, 0.2) is 5.96 Å². The van der Waals surface area contributed by atoms with Gasteiger partial charge in [-0.15, -0.1) is 24.0 Å². The summed E-state index contributed by atoms with van der Waals surface area (Å²) in [5, 5.41) is 6.57. The fourth-order valence-corrected chi connectivity index (χ4v) is 2.80. The van der Waals surface area contributed by atoms with Gasteiger partial charge in [-0.3, -0.25) is 4.99 Å². The fraction of sp³-hybridized carbons (Fsp3) is 0.929. The van der Waals surface area contributed by atoms with Gasteiger partial charge in [0, 0.05) is 46.9 Å². The average molecular weight is 398 g/mol. The van der Waals surface area contributed by atoms with Crippen LogP contribution in [0.3, 0.4) is 0 Å². The minimum atomic E-state index is 0. The zero-order valence-electron chi connectivity index (χ0n) is 13.3. The summed E-state index contributed by atoms with van der Waals surface area (Å²) >= 11 is 0. The maximum atomic E-state index is 5.01. The van der Waals surface area contributed by atoms with Crippen molar-refractivity contribution in [3.63, 3.8) is 0 Å². The normalized spacial score (nSPS) is 24.1. The van der Waals surface area contributed by atoms with Gasteiger partial charge in [0.2, 0.25) is 0 Å². The van der Waals surface area contributed by atoms with Crippen LogP contribution in [0.25, 0.3) is 0 Å². The first-order valence-corrected chi connectivity index (χ1v) is 7.31. The van der Waals surface area contributed by atoms with Crippen LogP contribution in [0.15, 0.2) is 4.99 Å². The Labute approximate surface area is 140 Å². The van der Waals surface area contributed by atoms with Crippen molar-refractivity contribution in [3.8, 4) is 0 Å². The lowest BCUT2D eigenvalue weighted by Crippen LogP contribution is -2.45. The molecule has 0 saturated carbocycles. The van der Waals surface area contributed by atoms with E-state index in [-0.39, 0.29) is 24.0 Å². The van der Waals surface area contributed by atoms with E-state index in [0.717, 1.165) is 37.4 Å². The predicted molar refractivity (Wildman–Crippen MR) is 96.0 cm³/mol. The average Bonchev–Trinajstić information content (AvgIpc) is 2.36.